The SMILES string of the molecule is CC(C)[C@H](NC(=O)c1cccs1)C(=O)NCC1(O)CCCCC1. The van der Waals surface area contributed by atoms with Crippen LogP contribution in [-0.4, -0.2) is 35.1 Å². The number of thiophene rings is 1. The maximum Gasteiger partial charge on any atom is 0.262 e. The highest BCUT2D eigenvalue weighted by Gasteiger charge is 2.31. The van der Waals surface area contributed by atoms with Gasteiger partial charge in [-0.05, 0) is 30.2 Å². The number of aliphatic hydroxyl groups is 1. The Balaban J connectivity index is 1.91. The van der Waals surface area contributed by atoms with Gasteiger partial charge in [0.1, 0.15) is 6.04 Å². The number of hydrogen-bond donors (Lipinski definition) is 3. The molecule has 128 valence electrons. The van der Waals surface area contributed by atoms with Crippen LogP contribution in [0.3, 0.4) is 0 Å². The van der Waals surface area contributed by atoms with Crippen LogP contribution < -0.4 is 10.6 Å². The van der Waals surface area contributed by atoms with Crippen molar-refractivity contribution in [3.63, 3.8) is 0 Å². The van der Waals surface area contributed by atoms with E-state index in [0.717, 1.165) is 32.1 Å². The molecule has 3 N–H and O–H groups in total. The molecule has 2 rings (SSSR count). The number of carbonyl (C=O) groups is 2. The molecule has 1 saturated carbocycles. The smallest absolute Gasteiger partial charge is 0.262 e. The normalized spacial score (nSPS) is 18.4. The number of amides is 2. The molecule has 1 heterocycles. The van der Waals surface area contributed by atoms with Gasteiger partial charge in [-0.25, -0.2) is 0 Å². The first-order chi connectivity index (χ1) is 10.9. The van der Waals surface area contributed by atoms with Crippen molar-refractivity contribution in [3.8, 4) is 0 Å². The minimum Gasteiger partial charge on any atom is -0.388 e. The molecule has 0 aromatic carbocycles. The molecule has 0 spiro atoms. The van der Waals surface area contributed by atoms with Crippen LogP contribution in [0.15, 0.2) is 17.5 Å². The molecule has 23 heavy (non-hydrogen) atoms. The average Bonchev–Trinajstić information content (AvgIpc) is 3.05. The van der Waals surface area contributed by atoms with E-state index >= 15 is 0 Å². The minimum atomic E-state index is -0.798. The van der Waals surface area contributed by atoms with Crippen molar-refractivity contribution >= 4 is 23.2 Å². The maximum atomic E-state index is 12.4. The molecule has 1 aliphatic carbocycles. The predicted octanol–water partition coefficient (Wildman–Crippen LogP) is 2.31. The summed E-state index contributed by atoms with van der Waals surface area (Å²) in [6.07, 6.45) is 4.58. The molecule has 0 radical (unpaired) electrons. The number of carbonyl (C=O) groups excluding carboxylic acids is 2. The van der Waals surface area contributed by atoms with Crippen molar-refractivity contribution in [3.05, 3.63) is 22.4 Å². The third-order valence-corrected chi connectivity index (χ3v) is 5.23. The van der Waals surface area contributed by atoms with Gasteiger partial charge in [0, 0.05) is 6.54 Å². The highest BCUT2D eigenvalue weighted by Crippen LogP contribution is 2.27. The van der Waals surface area contributed by atoms with Crippen molar-refractivity contribution in [2.75, 3.05) is 6.54 Å². The van der Waals surface area contributed by atoms with Crippen molar-refractivity contribution in [2.24, 2.45) is 5.92 Å². The minimum absolute atomic E-state index is 0.0279. The van der Waals surface area contributed by atoms with Crippen molar-refractivity contribution in [1.82, 2.24) is 10.6 Å². The first kappa shape index (κ1) is 17.9. The van der Waals surface area contributed by atoms with Gasteiger partial charge >= 0.3 is 0 Å². The van der Waals surface area contributed by atoms with E-state index in [0.29, 0.717) is 4.88 Å². The molecule has 1 aromatic rings. The molecule has 1 fully saturated rings. The Hall–Kier alpha value is -1.40. The molecule has 0 unspecified atom stereocenters. The fourth-order valence-electron chi connectivity index (χ4n) is 2.90. The standard InChI is InChI=1S/C17H26N2O3S/c1-12(2)14(19-15(20)13-7-6-10-23-13)16(21)18-11-17(22)8-4-3-5-9-17/h6-7,10,12,14,22H,3-5,8-9,11H2,1-2H3,(H,18,21)(H,19,20)/t14-/m0/s1. The fourth-order valence-corrected chi connectivity index (χ4v) is 3.53. The van der Waals surface area contributed by atoms with Gasteiger partial charge in [-0.3, -0.25) is 9.59 Å². The van der Waals surface area contributed by atoms with E-state index in [9.17, 15) is 14.7 Å². The van der Waals surface area contributed by atoms with Gasteiger partial charge in [0.15, 0.2) is 0 Å². The molecule has 0 saturated heterocycles. The Morgan fingerprint density at radius 2 is 2.00 bits per heavy atom. The zero-order chi connectivity index (χ0) is 16.9. The summed E-state index contributed by atoms with van der Waals surface area (Å²) in [7, 11) is 0. The van der Waals surface area contributed by atoms with E-state index in [4.69, 9.17) is 0 Å². The lowest BCUT2D eigenvalue weighted by atomic mass is 9.85. The van der Waals surface area contributed by atoms with Crippen LogP contribution >= 0.6 is 11.3 Å². The fraction of sp³-hybridized carbons (Fsp3) is 0.647. The zero-order valence-electron chi connectivity index (χ0n) is 13.8. The molecule has 1 aromatic heterocycles. The third kappa shape index (κ3) is 5.04. The lowest BCUT2D eigenvalue weighted by molar-refractivity contribution is -0.125. The Labute approximate surface area is 141 Å². The first-order valence-electron chi connectivity index (χ1n) is 8.26. The van der Waals surface area contributed by atoms with E-state index in [1.54, 1.807) is 6.07 Å². The Morgan fingerprint density at radius 1 is 1.30 bits per heavy atom. The quantitative estimate of drug-likeness (QED) is 0.745. The van der Waals surface area contributed by atoms with Gasteiger partial charge in [-0.15, -0.1) is 11.3 Å². The molecule has 5 nitrogen and oxygen atoms in total. The van der Waals surface area contributed by atoms with E-state index in [2.05, 4.69) is 10.6 Å². The second-order valence-corrected chi connectivity index (χ2v) is 7.62. The topological polar surface area (TPSA) is 78.4 Å². The summed E-state index contributed by atoms with van der Waals surface area (Å²) in [6.45, 7) is 4.05. The molecule has 0 bridgehead atoms. The van der Waals surface area contributed by atoms with Crippen molar-refractivity contribution < 1.29 is 14.7 Å². The Morgan fingerprint density at radius 3 is 2.57 bits per heavy atom. The van der Waals surface area contributed by atoms with E-state index < -0.39 is 11.6 Å². The first-order valence-corrected chi connectivity index (χ1v) is 9.14. The van der Waals surface area contributed by atoms with E-state index in [1.807, 2.05) is 25.3 Å². The molecular weight excluding hydrogens is 312 g/mol. The number of hydrogen-bond acceptors (Lipinski definition) is 4. The van der Waals surface area contributed by atoms with Gasteiger partial charge < -0.3 is 15.7 Å². The van der Waals surface area contributed by atoms with E-state index in [-0.39, 0.29) is 24.3 Å². The van der Waals surface area contributed by atoms with Gasteiger partial charge in [-0.2, -0.15) is 0 Å². The lowest BCUT2D eigenvalue weighted by Gasteiger charge is -2.33. The van der Waals surface area contributed by atoms with Crippen LogP contribution in [0.4, 0.5) is 0 Å². The second-order valence-electron chi connectivity index (χ2n) is 6.68. The summed E-state index contributed by atoms with van der Waals surface area (Å²) >= 11 is 1.35. The number of nitrogens with one attached hydrogen (secondary N) is 2. The van der Waals surface area contributed by atoms with Crippen molar-refractivity contribution in [1.29, 1.82) is 0 Å². The Kier molecular flexibility index (Phi) is 6.18. The van der Waals surface area contributed by atoms with Crippen LogP contribution in [0.5, 0.6) is 0 Å². The van der Waals surface area contributed by atoms with Crippen molar-refractivity contribution in [2.45, 2.75) is 57.6 Å². The summed E-state index contributed by atoms with van der Waals surface area (Å²) in [5, 5.41) is 17.9. The largest absolute Gasteiger partial charge is 0.388 e. The second kappa shape index (κ2) is 7.93. The molecular formula is C17H26N2O3S. The molecule has 0 aliphatic heterocycles. The summed E-state index contributed by atoms with van der Waals surface area (Å²) in [4.78, 5) is 25.2. The zero-order valence-corrected chi connectivity index (χ0v) is 14.6. The highest BCUT2D eigenvalue weighted by atomic mass is 32.1. The third-order valence-electron chi connectivity index (χ3n) is 4.36. The van der Waals surface area contributed by atoms with Crippen LogP contribution in [0.1, 0.15) is 55.6 Å². The van der Waals surface area contributed by atoms with Crippen LogP contribution in [-0.2, 0) is 4.79 Å². The van der Waals surface area contributed by atoms with Gasteiger partial charge in [0.05, 0.1) is 10.5 Å². The Bertz CT molecular complexity index is 522. The predicted molar refractivity (Wildman–Crippen MR) is 91.5 cm³/mol. The van der Waals surface area contributed by atoms with Gasteiger partial charge in [-0.1, -0.05) is 39.2 Å². The average molecular weight is 338 g/mol. The van der Waals surface area contributed by atoms with E-state index in [1.165, 1.54) is 11.3 Å². The summed E-state index contributed by atoms with van der Waals surface area (Å²) in [5.74, 6) is -0.492. The van der Waals surface area contributed by atoms with Gasteiger partial charge in [0.2, 0.25) is 5.91 Å². The molecule has 2 amide bonds. The summed E-state index contributed by atoms with van der Waals surface area (Å²) < 4.78 is 0. The lowest BCUT2D eigenvalue weighted by Crippen LogP contribution is -2.53. The summed E-state index contributed by atoms with van der Waals surface area (Å²) in [5.41, 5.74) is -0.798. The van der Waals surface area contributed by atoms with Gasteiger partial charge in [0.25, 0.3) is 5.91 Å². The van der Waals surface area contributed by atoms with Crippen LogP contribution in [0.2, 0.25) is 0 Å². The van der Waals surface area contributed by atoms with Crippen LogP contribution in [0, 0.1) is 5.92 Å². The van der Waals surface area contributed by atoms with Crippen LogP contribution in [0.25, 0.3) is 0 Å². The highest BCUT2D eigenvalue weighted by molar-refractivity contribution is 7.12. The maximum absolute atomic E-state index is 12.4. The molecule has 1 atom stereocenters. The molecule has 1 aliphatic rings. The summed E-state index contributed by atoms with van der Waals surface area (Å²) in [6, 6.07) is 2.94. The monoisotopic (exact) mass is 338 g/mol. The molecule has 6 heteroatoms. The number of rotatable bonds is 6.